The smallest absolute Gasteiger partial charge is 0.276 e. The zero-order chi connectivity index (χ0) is 18.2. The molecule has 2 N–H and O–H groups in total. The van der Waals surface area contributed by atoms with Crippen LogP contribution in [-0.2, 0) is 4.79 Å². The van der Waals surface area contributed by atoms with Crippen LogP contribution in [0.2, 0.25) is 0 Å². The Morgan fingerprint density at radius 1 is 1.12 bits per heavy atom. The third kappa shape index (κ3) is 4.72. The van der Waals surface area contributed by atoms with Gasteiger partial charge in [0.25, 0.3) is 11.8 Å². The van der Waals surface area contributed by atoms with Crippen LogP contribution in [0.3, 0.4) is 0 Å². The minimum atomic E-state index is -0.562. The number of nitriles is 1. The predicted molar refractivity (Wildman–Crippen MR) is 90.0 cm³/mol. The third-order valence-corrected chi connectivity index (χ3v) is 3.28. The number of hydrogen-bond donors (Lipinski definition) is 2. The van der Waals surface area contributed by atoms with Gasteiger partial charge in [0.05, 0.1) is 18.2 Å². The van der Waals surface area contributed by atoms with Gasteiger partial charge in [-0.1, -0.05) is 23.8 Å². The van der Waals surface area contributed by atoms with E-state index < -0.39 is 11.8 Å². The second-order valence-electron chi connectivity index (χ2n) is 5.10. The van der Waals surface area contributed by atoms with Crippen molar-refractivity contribution < 1.29 is 19.1 Å². The number of aryl methyl sites for hydroxylation is 1. The molecule has 0 aromatic heterocycles. The number of para-hydroxylation sites is 1. The van der Waals surface area contributed by atoms with Crippen molar-refractivity contribution in [3.05, 3.63) is 59.2 Å². The molecule has 2 amide bonds. The van der Waals surface area contributed by atoms with Gasteiger partial charge < -0.3 is 9.47 Å². The van der Waals surface area contributed by atoms with Crippen molar-refractivity contribution in [1.29, 1.82) is 5.26 Å². The van der Waals surface area contributed by atoms with E-state index in [4.69, 9.17) is 14.7 Å². The summed E-state index contributed by atoms with van der Waals surface area (Å²) >= 11 is 0. The monoisotopic (exact) mass is 339 g/mol. The van der Waals surface area contributed by atoms with Crippen LogP contribution >= 0.6 is 0 Å². The number of rotatable bonds is 5. The van der Waals surface area contributed by atoms with Gasteiger partial charge in [-0.2, -0.15) is 5.26 Å². The average molecular weight is 339 g/mol. The fourth-order valence-electron chi connectivity index (χ4n) is 2.06. The van der Waals surface area contributed by atoms with Gasteiger partial charge in [0.15, 0.2) is 6.61 Å². The molecule has 0 unspecified atom stereocenters. The highest BCUT2D eigenvalue weighted by Crippen LogP contribution is 2.19. The van der Waals surface area contributed by atoms with Crippen LogP contribution in [0.1, 0.15) is 21.5 Å². The van der Waals surface area contributed by atoms with E-state index in [1.807, 2.05) is 19.1 Å². The minimum Gasteiger partial charge on any atom is -0.496 e. The van der Waals surface area contributed by atoms with Crippen LogP contribution in [-0.4, -0.2) is 25.5 Å². The van der Waals surface area contributed by atoms with E-state index in [9.17, 15) is 9.59 Å². The number of nitrogens with one attached hydrogen (secondary N) is 2. The Labute approximate surface area is 145 Å². The Morgan fingerprint density at radius 3 is 2.60 bits per heavy atom. The molecule has 0 radical (unpaired) electrons. The molecule has 0 heterocycles. The quantitative estimate of drug-likeness (QED) is 0.808. The molecule has 0 saturated carbocycles. The highest BCUT2D eigenvalue weighted by molar-refractivity contribution is 5.98. The standard InChI is InChI=1S/C18H17N3O4/c1-12-7-8-16(24-2)14(9-12)18(23)21-20-17(22)11-25-15-6-4-3-5-13(15)10-19/h3-9H,11H2,1-2H3,(H,20,22)(H,21,23). The fourth-order valence-corrected chi connectivity index (χ4v) is 2.06. The number of ether oxygens (including phenoxy) is 2. The van der Waals surface area contributed by atoms with Crippen molar-refractivity contribution in [2.45, 2.75) is 6.92 Å². The van der Waals surface area contributed by atoms with Crippen molar-refractivity contribution in [1.82, 2.24) is 10.9 Å². The molecule has 0 bridgehead atoms. The molecule has 2 aromatic carbocycles. The van der Waals surface area contributed by atoms with Crippen molar-refractivity contribution in [3.63, 3.8) is 0 Å². The summed E-state index contributed by atoms with van der Waals surface area (Å²) in [6.45, 7) is 1.50. The molecular formula is C18H17N3O4. The van der Waals surface area contributed by atoms with Gasteiger partial charge in [0, 0.05) is 0 Å². The van der Waals surface area contributed by atoms with E-state index in [-0.39, 0.29) is 6.61 Å². The molecule has 2 rings (SSSR count). The molecule has 0 spiro atoms. The summed E-state index contributed by atoms with van der Waals surface area (Å²) < 4.78 is 10.4. The van der Waals surface area contributed by atoms with E-state index in [1.165, 1.54) is 7.11 Å². The van der Waals surface area contributed by atoms with Gasteiger partial charge in [-0.25, -0.2) is 0 Å². The summed E-state index contributed by atoms with van der Waals surface area (Å²) in [5, 5.41) is 8.96. The second-order valence-corrected chi connectivity index (χ2v) is 5.10. The SMILES string of the molecule is COc1ccc(C)cc1C(=O)NNC(=O)COc1ccccc1C#N. The first-order chi connectivity index (χ1) is 12.0. The largest absolute Gasteiger partial charge is 0.496 e. The number of hydrazine groups is 1. The van der Waals surface area contributed by atoms with Crippen molar-refractivity contribution >= 4 is 11.8 Å². The number of methoxy groups -OCH3 is 1. The van der Waals surface area contributed by atoms with Gasteiger partial charge in [-0.3, -0.25) is 20.4 Å². The molecule has 0 aliphatic heterocycles. The number of carbonyl (C=O) groups is 2. The number of nitrogens with zero attached hydrogens (tertiary/aromatic N) is 1. The van der Waals surface area contributed by atoms with Crippen LogP contribution in [0, 0.1) is 18.3 Å². The first-order valence-corrected chi connectivity index (χ1v) is 7.41. The predicted octanol–water partition coefficient (Wildman–Crippen LogP) is 1.72. The molecule has 0 aliphatic rings. The first kappa shape index (κ1) is 17.8. The molecule has 0 fully saturated rings. The number of amides is 2. The molecule has 0 atom stereocenters. The zero-order valence-electron chi connectivity index (χ0n) is 13.8. The average Bonchev–Trinajstić information content (AvgIpc) is 2.64. The summed E-state index contributed by atoms with van der Waals surface area (Å²) in [4.78, 5) is 24.0. The molecule has 7 nitrogen and oxygen atoms in total. The lowest BCUT2D eigenvalue weighted by molar-refractivity contribution is -0.123. The molecular weight excluding hydrogens is 322 g/mol. The Kier molecular flexibility index (Phi) is 5.96. The van der Waals surface area contributed by atoms with Crippen molar-refractivity contribution in [3.8, 4) is 17.6 Å². The number of hydrogen-bond acceptors (Lipinski definition) is 5. The third-order valence-electron chi connectivity index (χ3n) is 3.28. The Morgan fingerprint density at radius 2 is 1.88 bits per heavy atom. The second kappa shape index (κ2) is 8.36. The van der Waals surface area contributed by atoms with E-state index in [1.54, 1.807) is 36.4 Å². The van der Waals surface area contributed by atoms with Gasteiger partial charge >= 0.3 is 0 Å². The maximum absolute atomic E-state index is 12.2. The lowest BCUT2D eigenvalue weighted by Gasteiger charge is -2.12. The molecule has 0 aliphatic carbocycles. The van der Waals surface area contributed by atoms with Crippen molar-refractivity contribution in [2.75, 3.05) is 13.7 Å². The molecule has 7 heteroatoms. The van der Waals surface area contributed by atoms with Crippen LogP contribution in [0.15, 0.2) is 42.5 Å². The lowest BCUT2D eigenvalue weighted by Crippen LogP contribution is -2.44. The van der Waals surface area contributed by atoms with Gasteiger partial charge in [-0.05, 0) is 31.2 Å². The number of carbonyl (C=O) groups excluding carboxylic acids is 2. The summed E-state index contributed by atoms with van der Waals surface area (Å²) in [5.74, 6) is -0.373. The maximum Gasteiger partial charge on any atom is 0.276 e. The number of benzene rings is 2. The molecule has 0 saturated heterocycles. The van der Waals surface area contributed by atoms with Gasteiger partial charge in [0.2, 0.25) is 0 Å². The molecule has 128 valence electrons. The highest BCUT2D eigenvalue weighted by atomic mass is 16.5. The minimum absolute atomic E-state index is 0.298. The Bertz CT molecular complexity index is 827. The maximum atomic E-state index is 12.2. The Hall–Kier alpha value is -3.53. The van der Waals surface area contributed by atoms with E-state index in [0.717, 1.165) is 5.56 Å². The molecule has 2 aromatic rings. The fraction of sp³-hybridized carbons (Fsp3) is 0.167. The first-order valence-electron chi connectivity index (χ1n) is 7.41. The van der Waals surface area contributed by atoms with Crippen LogP contribution in [0.5, 0.6) is 11.5 Å². The summed E-state index contributed by atoms with van der Waals surface area (Å²) in [7, 11) is 1.46. The van der Waals surface area contributed by atoms with Crippen LogP contribution < -0.4 is 20.3 Å². The molecule has 25 heavy (non-hydrogen) atoms. The van der Waals surface area contributed by atoms with Gasteiger partial charge in [0.1, 0.15) is 17.6 Å². The summed E-state index contributed by atoms with van der Waals surface area (Å²) in [6, 6.07) is 13.7. The van der Waals surface area contributed by atoms with Gasteiger partial charge in [-0.15, -0.1) is 0 Å². The highest BCUT2D eigenvalue weighted by Gasteiger charge is 2.13. The lowest BCUT2D eigenvalue weighted by atomic mass is 10.1. The zero-order valence-corrected chi connectivity index (χ0v) is 13.8. The van der Waals surface area contributed by atoms with Crippen LogP contribution in [0.4, 0.5) is 0 Å². The summed E-state index contributed by atoms with van der Waals surface area (Å²) in [5.41, 5.74) is 6.07. The van der Waals surface area contributed by atoms with Crippen LogP contribution in [0.25, 0.3) is 0 Å². The van der Waals surface area contributed by atoms with E-state index in [0.29, 0.717) is 22.6 Å². The summed E-state index contributed by atoms with van der Waals surface area (Å²) in [6.07, 6.45) is 0. The van der Waals surface area contributed by atoms with Crippen molar-refractivity contribution in [2.24, 2.45) is 0 Å². The Balaban J connectivity index is 1.91. The normalized spacial score (nSPS) is 9.64. The van der Waals surface area contributed by atoms with E-state index >= 15 is 0 Å². The van der Waals surface area contributed by atoms with E-state index in [2.05, 4.69) is 10.9 Å². The topological polar surface area (TPSA) is 100 Å².